The summed E-state index contributed by atoms with van der Waals surface area (Å²) in [5.74, 6) is 0.234. The standard InChI is InChI=1S/C20H22FN9/c1-28-13-16(11-24-28)26-20-23-9-15-10-25-30(19(15)27-20)12-14-3-2-4-17(18(14)21)29-7-5-22-6-8-29/h2-4,9-11,13,22H,5-8,12H2,1H3,(H,23,26,27). The van der Waals surface area contributed by atoms with Crippen LogP contribution in [0.4, 0.5) is 21.7 Å². The summed E-state index contributed by atoms with van der Waals surface area (Å²) in [7, 11) is 1.84. The molecule has 4 aromatic rings. The van der Waals surface area contributed by atoms with Crippen LogP contribution in [0.5, 0.6) is 0 Å². The molecular weight excluding hydrogens is 385 g/mol. The second-order valence-electron chi connectivity index (χ2n) is 7.29. The highest BCUT2D eigenvalue weighted by atomic mass is 19.1. The van der Waals surface area contributed by atoms with Gasteiger partial charge in [-0.15, -0.1) is 0 Å². The highest BCUT2D eigenvalue weighted by molar-refractivity contribution is 5.75. The van der Waals surface area contributed by atoms with Gasteiger partial charge in [-0.1, -0.05) is 12.1 Å². The first-order valence-corrected chi connectivity index (χ1v) is 9.85. The summed E-state index contributed by atoms with van der Waals surface area (Å²) in [5, 5.41) is 15.8. The fraction of sp³-hybridized carbons (Fsp3) is 0.300. The zero-order valence-corrected chi connectivity index (χ0v) is 16.6. The summed E-state index contributed by atoms with van der Waals surface area (Å²) in [5.41, 5.74) is 2.65. The van der Waals surface area contributed by atoms with Crippen LogP contribution >= 0.6 is 0 Å². The molecule has 1 aliphatic heterocycles. The van der Waals surface area contributed by atoms with Gasteiger partial charge in [0.05, 0.1) is 35.7 Å². The molecular formula is C20H22FN9. The van der Waals surface area contributed by atoms with Gasteiger partial charge >= 0.3 is 0 Å². The Labute approximate surface area is 172 Å². The smallest absolute Gasteiger partial charge is 0.229 e. The van der Waals surface area contributed by atoms with E-state index in [9.17, 15) is 0 Å². The molecule has 1 aliphatic rings. The van der Waals surface area contributed by atoms with Crippen molar-refractivity contribution in [3.8, 4) is 0 Å². The minimum Gasteiger partial charge on any atom is -0.367 e. The van der Waals surface area contributed by atoms with Crippen molar-refractivity contribution in [3.63, 3.8) is 0 Å². The van der Waals surface area contributed by atoms with E-state index >= 15 is 4.39 Å². The molecule has 0 saturated carbocycles. The third kappa shape index (κ3) is 3.57. The molecule has 0 unspecified atom stereocenters. The predicted octanol–water partition coefficient (Wildman–Crippen LogP) is 1.90. The molecule has 10 heteroatoms. The fourth-order valence-corrected chi connectivity index (χ4v) is 3.66. The Bertz CT molecular complexity index is 1180. The molecule has 0 amide bonds. The van der Waals surface area contributed by atoms with Crippen molar-refractivity contribution in [2.45, 2.75) is 6.54 Å². The normalized spacial score (nSPS) is 14.4. The van der Waals surface area contributed by atoms with Crippen molar-refractivity contribution >= 4 is 28.4 Å². The van der Waals surface area contributed by atoms with E-state index in [1.54, 1.807) is 34.0 Å². The second kappa shape index (κ2) is 7.71. The second-order valence-corrected chi connectivity index (χ2v) is 7.29. The third-order valence-corrected chi connectivity index (χ3v) is 5.17. The summed E-state index contributed by atoms with van der Waals surface area (Å²) in [6, 6.07) is 5.53. The van der Waals surface area contributed by atoms with Gasteiger partial charge in [0.1, 0.15) is 0 Å². The first kappa shape index (κ1) is 18.5. The molecule has 0 aliphatic carbocycles. The molecule has 30 heavy (non-hydrogen) atoms. The van der Waals surface area contributed by atoms with Gasteiger partial charge in [-0.25, -0.2) is 14.1 Å². The topological polar surface area (TPSA) is 88.7 Å². The van der Waals surface area contributed by atoms with E-state index in [2.05, 4.69) is 35.7 Å². The van der Waals surface area contributed by atoms with E-state index in [0.29, 0.717) is 29.4 Å². The van der Waals surface area contributed by atoms with Crippen molar-refractivity contribution < 1.29 is 4.39 Å². The number of hydrogen-bond donors (Lipinski definition) is 2. The van der Waals surface area contributed by atoms with Crippen LogP contribution in [0.3, 0.4) is 0 Å². The van der Waals surface area contributed by atoms with Crippen LogP contribution < -0.4 is 15.5 Å². The number of nitrogens with one attached hydrogen (secondary N) is 2. The maximum atomic E-state index is 15.3. The lowest BCUT2D eigenvalue weighted by atomic mass is 10.1. The summed E-state index contributed by atoms with van der Waals surface area (Å²) in [6.45, 7) is 3.59. The number of piperazine rings is 1. The maximum absolute atomic E-state index is 15.3. The Morgan fingerprint density at radius 3 is 2.80 bits per heavy atom. The van der Waals surface area contributed by atoms with Gasteiger partial charge in [-0.3, -0.25) is 4.68 Å². The minimum absolute atomic E-state index is 0.203. The van der Waals surface area contributed by atoms with Crippen molar-refractivity contribution in [3.05, 3.63) is 54.4 Å². The first-order valence-electron chi connectivity index (χ1n) is 9.85. The van der Waals surface area contributed by atoms with Crippen molar-refractivity contribution in [1.29, 1.82) is 0 Å². The molecule has 2 N–H and O–H groups in total. The van der Waals surface area contributed by atoms with Crippen LogP contribution in [0.1, 0.15) is 5.56 Å². The van der Waals surface area contributed by atoms with E-state index in [4.69, 9.17) is 0 Å². The van der Waals surface area contributed by atoms with Gasteiger partial charge in [0, 0.05) is 51.2 Å². The molecule has 1 saturated heterocycles. The van der Waals surface area contributed by atoms with E-state index in [1.807, 2.05) is 25.4 Å². The van der Waals surface area contributed by atoms with Crippen LogP contribution in [0, 0.1) is 5.82 Å². The summed E-state index contributed by atoms with van der Waals surface area (Å²) >= 11 is 0. The maximum Gasteiger partial charge on any atom is 0.229 e. The molecule has 0 bridgehead atoms. The predicted molar refractivity (Wildman–Crippen MR) is 112 cm³/mol. The highest BCUT2D eigenvalue weighted by Crippen LogP contribution is 2.24. The molecule has 5 rings (SSSR count). The largest absolute Gasteiger partial charge is 0.367 e. The zero-order chi connectivity index (χ0) is 20.5. The average Bonchev–Trinajstić information content (AvgIpc) is 3.36. The molecule has 4 heterocycles. The zero-order valence-electron chi connectivity index (χ0n) is 16.6. The monoisotopic (exact) mass is 407 g/mol. The number of halogens is 1. The lowest BCUT2D eigenvalue weighted by Crippen LogP contribution is -2.44. The summed E-state index contributed by atoms with van der Waals surface area (Å²) in [4.78, 5) is 11.0. The Morgan fingerprint density at radius 2 is 2.00 bits per heavy atom. The lowest BCUT2D eigenvalue weighted by Gasteiger charge is -2.30. The fourth-order valence-electron chi connectivity index (χ4n) is 3.66. The number of aromatic nitrogens is 6. The lowest BCUT2D eigenvalue weighted by molar-refractivity contribution is 0.554. The van der Waals surface area contributed by atoms with Gasteiger partial charge in [0.15, 0.2) is 11.5 Å². The number of nitrogens with zero attached hydrogens (tertiary/aromatic N) is 7. The molecule has 154 valence electrons. The van der Waals surface area contributed by atoms with Crippen molar-refractivity contribution in [2.24, 2.45) is 7.05 Å². The molecule has 0 atom stereocenters. The van der Waals surface area contributed by atoms with Gasteiger partial charge in [0.2, 0.25) is 5.95 Å². The molecule has 3 aromatic heterocycles. The Hall–Kier alpha value is -3.53. The number of anilines is 3. The van der Waals surface area contributed by atoms with E-state index in [-0.39, 0.29) is 5.82 Å². The van der Waals surface area contributed by atoms with Crippen LogP contribution in [-0.4, -0.2) is 55.7 Å². The van der Waals surface area contributed by atoms with E-state index in [0.717, 1.165) is 37.3 Å². The third-order valence-electron chi connectivity index (χ3n) is 5.17. The molecule has 1 fully saturated rings. The number of hydrogen-bond acceptors (Lipinski definition) is 7. The first-order chi connectivity index (χ1) is 14.7. The number of benzene rings is 1. The van der Waals surface area contributed by atoms with E-state index < -0.39 is 0 Å². The van der Waals surface area contributed by atoms with Crippen molar-refractivity contribution in [1.82, 2.24) is 34.8 Å². The Morgan fingerprint density at radius 1 is 1.13 bits per heavy atom. The van der Waals surface area contributed by atoms with Gasteiger partial charge in [-0.2, -0.15) is 15.2 Å². The van der Waals surface area contributed by atoms with E-state index in [1.165, 1.54) is 0 Å². The van der Waals surface area contributed by atoms with Crippen LogP contribution in [0.2, 0.25) is 0 Å². The summed E-state index contributed by atoms with van der Waals surface area (Å²) in [6.07, 6.45) is 6.93. The van der Waals surface area contributed by atoms with Gasteiger partial charge in [-0.05, 0) is 6.07 Å². The average molecular weight is 407 g/mol. The Kier molecular flexibility index (Phi) is 4.75. The minimum atomic E-state index is -0.203. The SMILES string of the molecule is Cn1cc(Nc2ncc3cnn(Cc4cccc(N5CCNCC5)c4F)c3n2)cn1. The molecule has 1 aromatic carbocycles. The van der Waals surface area contributed by atoms with Gasteiger partial charge in [0.25, 0.3) is 0 Å². The molecule has 9 nitrogen and oxygen atoms in total. The van der Waals surface area contributed by atoms with Crippen LogP contribution in [0.15, 0.2) is 43.0 Å². The molecule has 0 radical (unpaired) electrons. The number of aryl methyl sites for hydroxylation is 1. The van der Waals surface area contributed by atoms with Crippen molar-refractivity contribution in [2.75, 3.05) is 36.4 Å². The number of fused-ring (bicyclic) bond motifs is 1. The Balaban J connectivity index is 1.43. The molecule has 0 spiro atoms. The van der Waals surface area contributed by atoms with Crippen LogP contribution in [0.25, 0.3) is 11.0 Å². The van der Waals surface area contributed by atoms with Gasteiger partial charge < -0.3 is 15.5 Å². The van der Waals surface area contributed by atoms with Crippen LogP contribution in [-0.2, 0) is 13.6 Å². The quantitative estimate of drug-likeness (QED) is 0.522. The summed E-state index contributed by atoms with van der Waals surface area (Å²) < 4.78 is 18.7. The number of rotatable bonds is 5. The highest BCUT2D eigenvalue weighted by Gasteiger charge is 2.18.